The molecule has 4 saturated carbocycles. The van der Waals surface area contributed by atoms with Gasteiger partial charge in [0.25, 0.3) is 0 Å². The third kappa shape index (κ3) is 3.87. The molecule has 4 bridgehead atoms. The van der Waals surface area contributed by atoms with Crippen LogP contribution in [-0.2, 0) is 5.41 Å². The normalized spacial score (nSPS) is 25.0. The Kier molecular flexibility index (Phi) is 5.76. The van der Waals surface area contributed by atoms with Gasteiger partial charge in [0.15, 0.2) is 17.5 Å². The maximum atomic E-state index is 5.01. The topological polar surface area (TPSA) is 38.7 Å². The Morgan fingerprint density at radius 2 is 0.891 bits per heavy atom. The minimum atomic E-state index is 0.163. The average molecular weight is 594 g/mol. The molecular weight excluding hydrogens is 558 g/mol. The number of fused-ring (bicyclic) bond motifs is 3. The molecule has 0 amide bonds. The summed E-state index contributed by atoms with van der Waals surface area (Å²) in [6.07, 6.45) is 7.06. The molecule has 0 aliphatic heterocycles. The maximum Gasteiger partial charge on any atom is 0.164 e. The first-order valence-electron chi connectivity index (χ1n) is 17.0. The fourth-order valence-corrected chi connectivity index (χ4v) is 10.1. The van der Waals surface area contributed by atoms with Crippen molar-refractivity contribution < 1.29 is 0 Å². The molecule has 1 aromatic heterocycles. The van der Waals surface area contributed by atoms with Crippen molar-refractivity contribution in [2.24, 2.45) is 23.7 Å². The summed E-state index contributed by atoms with van der Waals surface area (Å²) in [6, 6.07) is 45.9. The van der Waals surface area contributed by atoms with Gasteiger partial charge in [0, 0.05) is 22.1 Å². The molecule has 5 aliphatic carbocycles. The van der Waals surface area contributed by atoms with E-state index in [0.29, 0.717) is 17.5 Å². The van der Waals surface area contributed by atoms with E-state index in [4.69, 9.17) is 15.0 Å². The molecule has 6 aromatic rings. The highest BCUT2D eigenvalue weighted by Crippen LogP contribution is 2.69. The van der Waals surface area contributed by atoms with Crippen molar-refractivity contribution in [1.82, 2.24) is 15.0 Å². The number of rotatable bonds is 4. The number of nitrogens with zero attached hydrogens (tertiary/aromatic N) is 3. The lowest BCUT2D eigenvalue weighted by Gasteiger charge is -2.61. The SMILES string of the molecule is c1ccc(-c2nc(-c3ccccc3)nc(-c3cccc(-c4ccc5c(c4)C4(c6ccccc6-5)C5CC6CC(C5)CC4C6)c3)n2)cc1. The molecule has 46 heavy (non-hydrogen) atoms. The Hall–Kier alpha value is -4.89. The zero-order valence-electron chi connectivity index (χ0n) is 25.8. The quantitative estimate of drug-likeness (QED) is 0.204. The van der Waals surface area contributed by atoms with E-state index in [1.807, 2.05) is 36.4 Å². The molecule has 3 nitrogen and oxygen atoms in total. The van der Waals surface area contributed by atoms with Gasteiger partial charge < -0.3 is 0 Å². The van der Waals surface area contributed by atoms with Gasteiger partial charge in [-0.05, 0) is 101 Å². The van der Waals surface area contributed by atoms with Crippen molar-refractivity contribution in [3.63, 3.8) is 0 Å². The van der Waals surface area contributed by atoms with Gasteiger partial charge in [-0.3, -0.25) is 0 Å². The average Bonchev–Trinajstić information content (AvgIpc) is 3.41. The van der Waals surface area contributed by atoms with Crippen LogP contribution in [0.3, 0.4) is 0 Å². The monoisotopic (exact) mass is 593 g/mol. The fourth-order valence-electron chi connectivity index (χ4n) is 10.1. The predicted molar refractivity (Wildman–Crippen MR) is 185 cm³/mol. The van der Waals surface area contributed by atoms with E-state index < -0.39 is 0 Å². The second-order valence-electron chi connectivity index (χ2n) is 14.1. The molecule has 4 fully saturated rings. The number of benzene rings is 5. The van der Waals surface area contributed by atoms with E-state index in [9.17, 15) is 0 Å². The lowest BCUT2D eigenvalue weighted by atomic mass is 9.43. The summed E-state index contributed by atoms with van der Waals surface area (Å²) in [5.74, 6) is 5.46. The van der Waals surface area contributed by atoms with Crippen molar-refractivity contribution in [3.05, 3.63) is 139 Å². The van der Waals surface area contributed by atoms with Crippen molar-refractivity contribution >= 4 is 0 Å². The summed E-state index contributed by atoms with van der Waals surface area (Å²) in [5, 5.41) is 0. The first kappa shape index (κ1) is 26.3. The Bertz CT molecular complexity index is 2030. The van der Waals surface area contributed by atoms with Gasteiger partial charge >= 0.3 is 0 Å². The van der Waals surface area contributed by atoms with Crippen molar-refractivity contribution in [1.29, 1.82) is 0 Å². The molecular formula is C43H35N3. The Morgan fingerprint density at radius 1 is 0.391 bits per heavy atom. The summed E-state index contributed by atoms with van der Waals surface area (Å²) >= 11 is 0. The second kappa shape index (κ2) is 10.1. The first-order chi connectivity index (χ1) is 22.7. The molecule has 11 rings (SSSR count). The van der Waals surface area contributed by atoms with Crippen LogP contribution in [0.25, 0.3) is 56.4 Å². The lowest BCUT2D eigenvalue weighted by Crippen LogP contribution is -2.55. The molecule has 0 N–H and O–H groups in total. The summed E-state index contributed by atoms with van der Waals surface area (Å²) < 4.78 is 0. The van der Waals surface area contributed by atoms with Crippen molar-refractivity contribution in [2.75, 3.05) is 0 Å². The van der Waals surface area contributed by atoms with E-state index in [2.05, 4.69) is 91.0 Å². The molecule has 3 heteroatoms. The number of hydrogen-bond acceptors (Lipinski definition) is 3. The van der Waals surface area contributed by atoms with E-state index in [-0.39, 0.29) is 5.41 Å². The summed E-state index contributed by atoms with van der Waals surface area (Å²) in [5.41, 5.74) is 11.7. The molecule has 0 radical (unpaired) electrons. The first-order valence-corrected chi connectivity index (χ1v) is 17.0. The number of hydrogen-bond donors (Lipinski definition) is 0. The Morgan fingerprint density at radius 3 is 1.54 bits per heavy atom. The van der Waals surface area contributed by atoms with Crippen LogP contribution < -0.4 is 0 Å². The second-order valence-corrected chi connectivity index (χ2v) is 14.1. The smallest absolute Gasteiger partial charge is 0.164 e. The molecule has 1 heterocycles. The van der Waals surface area contributed by atoms with Crippen molar-refractivity contribution in [2.45, 2.75) is 37.5 Å². The van der Waals surface area contributed by atoms with Gasteiger partial charge in [-0.25, -0.2) is 15.0 Å². The molecule has 222 valence electrons. The summed E-state index contributed by atoms with van der Waals surface area (Å²) in [6.45, 7) is 0. The van der Waals surface area contributed by atoms with Crippen LogP contribution in [0.5, 0.6) is 0 Å². The van der Waals surface area contributed by atoms with Crippen LogP contribution in [0.4, 0.5) is 0 Å². The molecule has 5 aliphatic rings. The Labute approximate surface area is 270 Å². The van der Waals surface area contributed by atoms with Gasteiger partial charge in [-0.2, -0.15) is 0 Å². The largest absolute Gasteiger partial charge is 0.208 e. The number of aromatic nitrogens is 3. The van der Waals surface area contributed by atoms with Crippen LogP contribution >= 0.6 is 0 Å². The molecule has 1 spiro atoms. The van der Waals surface area contributed by atoms with Gasteiger partial charge in [0.2, 0.25) is 0 Å². The van der Waals surface area contributed by atoms with E-state index in [0.717, 1.165) is 40.4 Å². The molecule has 0 saturated heterocycles. The molecule has 0 atom stereocenters. The van der Waals surface area contributed by atoms with Crippen LogP contribution in [0.1, 0.15) is 43.2 Å². The van der Waals surface area contributed by atoms with E-state index in [1.54, 1.807) is 11.1 Å². The minimum absolute atomic E-state index is 0.163. The van der Waals surface area contributed by atoms with Crippen LogP contribution in [0.15, 0.2) is 127 Å². The predicted octanol–water partition coefficient (Wildman–Crippen LogP) is 10.3. The lowest BCUT2D eigenvalue weighted by molar-refractivity contribution is -0.0399. The third-order valence-electron chi connectivity index (χ3n) is 11.7. The molecule has 0 unspecified atom stereocenters. The van der Waals surface area contributed by atoms with Gasteiger partial charge in [0.05, 0.1) is 0 Å². The minimum Gasteiger partial charge on any atom is -0.208 e. The summed E-state index contributed by atoms with van der Waals surface area (Å²) in [4.78, 5) is 14.9. The van der Waals surface area contributed by atoms with Gasteiger partial charge in [-0.15, -0.1) is 0 Å². The van der Waals surface area contributed by atoms with E-state index in [1.165, 1.54) is 54.4 Å². The standard InChI is InChI=1S/C43H35N3/c1-3-10-29(11-4-1)40-44-41(30-12-5-2-6-13-30)46-42(45-40)33-15-9-14-31(25-33)32-18-19-37-36-16-7-8-17-38(36)43(39(37)26-32)34-21-27-20-28(23-34)24-35(43)22-27/h1-19,25-28,34-35H,20-24H2. The van der Waals surface area contributed by atoms with Crippen LogP contribution in [0, 0.1) is 23.7 Å². The van der Waals surface area contributed by atoms with Crippen molar-refractivity contribution in [3.8, 4) is 56.4 Å². The Balaban J connectivity index is 1.10. The van der Waals surface area contributed by atoms with Crippen LogP contribution in [0.2, 0.25) is 0 Å². The fraction of sp³-hybridized carbons (Fsp3) is 0.233. The zero-order valence-corrected chi connectivity index (χ0v) is 25.8. The highest BCUT2D eigenvalue weighted by molar-refractivity contribution is 5.85. The van der Waals surface area contributed by atoms with E-state index >= 15 is 0 Å². The van der Waals surface area contributed by atoms with Gasteiger partial charge in [-0.1, -0.05) is 115 Å². The highest BCUT2D eigenvalue weighted by atomic mass is 15.0. The molecule has 5 aromatic carbocycles. The van der Waals surface area contributed by atoms with Crippen LogP contribution in [-0.4, -0.2) is 15.0 Å². The third-order valence-corrected chi connectivity index (χ3v) is 11.7. The summed E-state index contributed by atoms with van der Waals surface area (Å²) in [7, 11) is 0. The maximum absolute atomic E-state index is 5.01. The highest BCUT2D eigenvalue weighted by Gasteiger charge is 2.61. The zero-order chi connectivity index (χ0) is 30.2. The van der Waals surface area contributed by atoms with Gasteiger partial charge in [0.1, 0.15) is 0 Å².